The number of piperazine rings is 1. The number of hydrogen-bond donors (Lipinski definition) is 1. The normalized spacial score (nSPS) is 15.4. The maximum Gasteiger partial charge on any atom is 0.263 e. The number of aryl methyl sites for hydroxylation is 1. The van der Waals surface area contributed by atoms with Crippen molar-refractivity contribution in [2.24, 2.45) is 0 Å². The number of carbonyl (C=O) groups excluding carboxylic acids is 1. The second kappa shape index (κ2) is 9.96. The Hall–Kier alpha value is -2.86. The fraction of sp³-hybridized carbons (Fsp3) is 0.273. The van der Waals surface area contributed by atoms with E-state index in [9.17, 15) is 18.5 Å². The van der Waals surface area contributed by atoms with Gasteiger partial charge in [0.2, 0.25) is 10.0 Å². The van der Waals surface area contributed by atoms with Gasteiger partial charge < -0.3 is 10.2 Å². The van der Waals surface area contributed by atoms with Crippen molar-refractivity contribution in [3.8, 4) is 6.07 Å². The number of nitriles is 1. The Balaban J connectivity index is 1.60. The molecular weight excluding hydrogens is 436 g/mol. The third-order valence-electron chi connectivity index (χ3n) is 5.01. The number of sulfonamides is 1. The van der Waals surface area contributed by atoms with Gasteiger partial charge in [0.25, 0.3) is 5.91 Å². The third kappa shape index (κ3) is 5.64. The predicted molar refractivity (Wildman–Crippen MR) is 119 cm³/mol. The fourth-order valence-corrected chi connectivity index (χ4v) is 4.79. The molecule has 9 heteroatoms. The SMILES string of the molecule is Cc1ccc(S(=O)(=O)N2CCN(/C=C(/C#N)C(=O)NCc3ccccc3Cl)CC2)cc1. The van der Waals surface area contributed by atoms with Gasteiger partial charge in [-0.3, -0.25) is 4.79 Å². The van der Waals surface area contributed by atoms with E-state index in [4.69, 9.17) is 11.6 Å². The molecule has 0 bridgehead atoms. The van der Waals surface area contributed by atoms with Crippen molar-refractivity contribution >= 4 is 27.5 Å². The first-order chi connectivity index (χ1) is 14.8. The molecule has 2 aromatic carbocycles. The average Bonchev–Trinajstić information content (AvgIpc) is 2.77. The van der Waals surface area contributed by atoms with Gasteiger partial charge in [-0.05, 0) is 30.7 Å². The van der Waals surface area contributed by atoms with Gasteiger partial charge >= 0.3 is 0 Å². The molecular formula is C22H23ClN4O3S. The minimum Gasteiger partial charge on any atom is -0.373 e. The number of nitrogens with one attached hydrogen (secondary N) is 1. The van der Waals surface area contributed by atoms with Crippen molar-refractivity contribution < 1.29 is 13.2 Å². The molecule has 0 aromatic heterocycles. The molecule has 0 saturated carbocycles. The zero-order valence-electron chi connectivity index (χ0n) is 17.1. The van der Waals surface area contributed by atoms with Crippen molar-refractivity contribution in [2.45, 2.75) is 18.4 Å². The minimum absolute atomic E-state index is 0.0399. The highest BCUT2D eigenvalue weighted by Gasteiger charge is 2.28. The maximum absolute atomic E-state index is 12.8. The first-order valence-corrected chi connectivity index (χ1v) is 11.6. The Bertz CT molecular complexity index is 1120. The number of nitrogens with zero attached hydrogens (tertiary/aromatic N) is 3. The highest BCUT2D eigenvalue weighted by molar-refractivity contribution is 7.89. The first-order valence-electron chi connectivity index (χ1n) is 9.75. The molecule has 1 aliphatic heterocycles. The number of halogens is 1. The van der Waals surface area contributed by atoms with E-state index in [1.165, 1.54) is 10.5 Å². The molecule has 7 nitrogen and oxygen atoms in total. The van der Waals surface area contributed by atoms with E-state index in [2.05, 4.69) is 5.32 Å². The van der Waals surface area contributed by atoms with Crippen LogP contribution in [-0.4, -0.2) is 49.7 Å². The van der Waals surface area contributed by atoms with E-state index >= 15 is 0 Å². The largest absolute Gasteiger partial charge is 0.373 e. The summed E-state index contributed by atoms with van der Waals surface area (Å²) in [6.45, 7) is 3.42. The van der Waals surface area contributed by atoms with Gasteiger partial charge in [-0.1, -0.05) is 47.5 Å². The topological polar surface area (TPSA) is 93.5 Å². The monoisotopic (exact) mass is 458 g/mol. The summed E-state index contributed by atoms with van der Waals surface area (Å²) in [5.41, 5.74) is 1.71. The summed E-state index contributed by atoms with van der Waals surface area (Å²) in [7, 11) is -3.57. The van der Waals surface area contributed by atoms with Crippen LogP contribution in [0.2, 0.25) is 5.02 Å². The van der Waals surface area contributed by atoms with Crippen LogP contribution in [0.1, 0.15) is 11.1 Å². The van der Waals surface area contributed by atoms with Crippen LogP contribution in [0.5, 0.6) is 0 Å². The number of carbonyl (C=O) groups is 1. The first kappa shape index (κ1) is 22.8. The fourth-order valence-electron chi connectivity index (χ4n) is 3.17. The van der Waals surface area contributed by atoms with Crippen LogP contribution in [0.3, 0.4) is 0 Å². The number of amides is 1. The second-order valence-electron chi connectivity index (χ2n) is 7.18. The van der Waals surface area contributed by atoms with Crippen LogP contribution in [0, 0.1) is 18.3 Å². The van der Waals surface area contributed by atoms with Gasteiger partial charge in [-0.25, -0.2) is 8.42 Å². The number of hydrogen-bond acceptors (Lipinski definition) is 5. The summed E-state index contributed by atoms with van der Waals surface area (Å²) in [5.74, 6) is -0.503. The van der Waals surface area contributed by atoms with E-state index in [1.54, 1.807) is 47.4 Å². The van der Waals surface area contributed by atoms with Gasteiger partial charge in [0.15, 0.2) is 0 Å². The molecule has 162 valence electrons. The zero-order valence-corrected chi connectivity index (χ0v) is 18.7. The molecule has 1 fully saturated rings. The zero-order chi connectivity index (χ0) is 22.4. The third-order valence-corrected chi connectivity index (χ3v) is 7.29. The second-order valence-corrected chi connectivity index (χ2v) is 9.53. The van der Waals surface area contributed by atoms with Crippen LogP contribution in [-0.2, 0) is 21.4 Å². The Morgan fingerprint density at radius 3 is 2.39 bits per heavy atom. The summed E-state index contributed by atoms with van der Waals surface area (Å²) in [6, 6.07) is 15.8. The van der Waals surface area contributed by atoms with E-state index < -0.39 is 15.9 Å². The van der Waals surface area contributed by atoms with Crippen LogP contribution in [0.25, 0.3) is 0 Å². The quantitative estimate of drug-likeness (QED) is 0.530. The van der Waals surface area contributed by atoms with Crippen molar-refractivity contribution in [1.82, 2.24) is 14.5 Å². The summed E-state index contributed by atoms with van der Waals surface area (Å²) >= 11 is 6.09. The van der Waals surface area contributed by atoms with Crippen LogP contribution in [0.15, 0.2) is 65.2 Å². The standard InChI is InChI=1S/C22H23ClN4O3S/c1-17-6-8-20(9-7-17)31(29,30)27-12-10-26(11-13-27)16-19(14-24)22(28)25-15-18-4-2-3-5-21(18)23/h2-9,16H,10-13,15H2,1H3,(H,25,28)/b19-16-. The molecule has 1 N–H and O–H groups in total. The molecule has 3 rings (SSSR count). The van der Waals surface area contributed by atoms with Gasteiger partial charge in [0.1, 0.15) is 11.6 Å². The van der Waals surface area contributed by atoms with Crippen LogP contribution in [0.4, 0.5) is 0 Å². The van der Waals surface area contributed by atoms with E-state index in [-0.39, 0.29) is 30.1 Å². The maximum atomic E-state index is 12.8. The lowest BCUT2D eigenvalue weighted by Gasteiger charge is -2.33. The van der Waals surface area contributed by atoms with Gasteiger partial charge in [-0.2, -0.15) is 9.57 Å². The van der Waals surface area contributed by atoms with Crippen molar-refractivity contribution in [1.29, 1.82) is 5.26 Å². The predicted octanol–water partition coefficient (Wildman–Crippen LogP) is 2.68. The molecule has 2 aromatic rings. The molecule has 1 aliphatic rings. The molecule has 0 atom stereocenters. The van der Waals surface area contributed by atoms with Gasteiger partial charge in [0, 0.05) is 43.9 Å². The van der Waals surface area contributed by atoms with Gasteiger partial charge in [-0.15, -0.1) is 0 Å². The summed E-state index contributed by atoms with van der Waals surface area (Å²) in [4.78, 5) is 14.4. The summed E-state index contributed by atoms with van der Waals surface area (Å²) in [6.07, 6.45) is 1.48. The van der Waals surface area contributed by atoms with Gasteiger partial charge in [0.05, 0.1) is 4.90 Å². The van der Waals surface area contributed by atoms with E-state index in [1.807, 2.05) is 19.1 Å². The number of benzene rings is 2. The van der Waals surface area contributed by atoms with Crippen LogP contribution >= 0.6 is 11.6 Å². The summed E-state index contributed by atoms with van der Waals surface area (Å²) in [5, 5.41) is 12.6. The average molecular weight is 459 g/mol. The van der Waals surface area contributed by atoms with Crippen LogP contribution < -0.4 is 5.32 Å². The Labute approximate surface area is 187 Å². The minimum atomic E-state index is -3.57. The lowest BCUT2D eigenvalue weighted by atomic mass is 10.2. The van der Waals surface area contributed by atoms with E-state index in [0.29, 0.717) is 18.1 Å². The smallest absolute Gasteiger partial charge is 0.263 e. The molecule has 0 aliphatic carbocycles. The number of rotatable bonds is 6. The molecule has 31 heavy (non-hydrogen) atoms. The highest BCUT2D eigenvalue weighted by Crippen LogP contribution is 2.19. The Morgan fingerprint density at radius 1 is 1.13 bits per heavy atom. The summed E-state index contributed by atoms with van der Waals surface area (Å²) < 4.78 is 27.0. The molecule has 0 unspecified atom stereocenters. The lowest BCUT2D eigenvalue weighted by Crippen LogP contribution is -2.47. The van der Waals surface area contributed by atoms with Crippen molar-refractivity contribution in [3.63, 3.8) is 0 Å². The highest BCUT2D eigenvalue weighted by atomic mass is 35.5. The molecule has 0 radical (unpaired) electrons. The van der Waals surface area contributed by atoms with Crippen molar-refractivity contribution in [2.75, 3.05) is 26.2 Å². The van der Waals surface area contributed by atoms with E-state index in [0.717, 1.165) is 11.1 Å². The molecule has 1 amide bonds. The Kier molecular flexibility index (Phi) is 7.33. The Morgan fingerprint density at radius 2 is 1.77 bits per heavy atom. The van der Waals surface area contributed by atoms with Crippen molar-refractivity contribution in [3.05, 3.63) is 76.5 Å². The molecule has 0 spiro atoms. The molecule has 1 saturated heterocycles. The molecule has 1 heterocycles. The lowest BCUT2D eigenvalue weighted by molar-refractivity contribution is -0.117.